The Morgan fingerprint density at radius 3 is 2.34 bits per heavy atom. The number of nitrogens with one attached hydrogen (secondary N) is 2. The van der Waals surface area contributed by atoms with Gasteiger partial charge in [0.1, 0.15) is 5.60 Å². The van der Waals surface area contributed by atoms with Crippen LogP contribution in [-0.2, 0) is 19.1 Å². The summed E-state index contributed by atoms with van der Waals surface area (Å²) in [7, 11) is 1.58. The third-order valence-electron chi connectivity index (χ3n) is 8.03. The average molecular weight is 536 g/mol. The van der Waals surface area contributed by atoms with E-state index in [1.807, 2.05) is 0 Å². The Morgan fingerprint density at radius 1 is 1.00 bits per heavy atom. The first-order valence-electron chi connectivity index (χ1n) is 14.5. The largest absolute Gasteiger partial charge is 0.444 e. The molecule has 38 heavy (non-hydrogen) atoms. The summed E-state index contributed by atoms with van der Waals surface area (Å²) in [4.78, 5) is 54.6. The standard InChI is InChI=1S/C28H49N5O5/c1-28(2,3)38-27(37)32(4)15-14-25(35)30-17-24(34)21-12-8-9-13-22(21)33-18-19(29)16-23(33)26(36)31-20-10-6-5-7-11-20/h19-23H,5-18,29H2,1-4H3,(H,30,35)(H,31,36)/t19-,21?,22?,23-/m0/s1. The second-order valence-corrected chi connectivity index (χ2v) is 12.4. The zero-order valence-corrected chi connectivity index (χ0v) is 23.8. The van der Waals surface area contributed by atoms with Gasteiger partial charge >= 0.3 is 6.09 Å². The van der Waals surface area contributed by atoms with Crippen molar-refractivity contribution in [3.05, 3.63) is 0 Å². The number of carbonyl (C=O) groups excluding carboxylic acids is 4. The minimum atomic E-state index is -0.606. The van der Waals surface area contributed by atoms with Gasteiger partial charge in [-0.05, 0) is 52.9 Å². The second kappa shape index (κ2) is 13.7. The molecule has 2 aliphatic carbocycles. The molecule has 10 nitrogen and oxygen atoms in total. The lowest BCUT2D eigenvalue weighted by molar-refractivity contribution is -0.132. The van der Waals surface area contributed by atoms with E-state index in [2.05, 4.69) is 15.5 Å². The molecule has 4 atom stereocenters. The summed E-state index contributed by atoms with van der Waals surface area (Å²) < 4.78 is 5.30. The normalized spacial score (nSPS) is 27.0. The number of hydrogen-bond acceptors (Lipinski definition) is 7. The fourth-order valence-electron chi connectivity index (χ4n) is 6.05. The summed E-state index contributed by atoms with van der Waals surface area (Å²) in [5.41, 5.74) is 5.72. The molecule has 0 aromatic rings. The van der Waals surface area contributed by atoms with E-state index in [1.165, 1.54) is 11.3 Å². The molecule has 0 aromatic carbocycles. The Morgan fingerprint density at radius 2 is 1.66 bits per heavy atom. The van der Waals surface area contributed by atoms with Crippen LogP contribution in [0, 0.1) is 5.92 Å². The lowest BCUT2D eigenvalue weighted by Crippen LogP contribution is -2.54. The second-order valence-electron chi connectivity index (χ2n) is 12.4. The van der Waals surface area contributed by atoms with Crippen molar-refractivity contribution in [1.29, 1.82) is 0 Å². The Labute approximate surface area is 227 Å². The van der Waals surface area contributed by atoms with Crippen LogP contribution in [0.3, 0.4) is 0 Å². The van der Waals surface area contributed by atoms with E-state index in [0.717, 1.165) is 51.4 Å². The molecule has 2 saturated carbocycles. The van der Waals surface area contributed by atoms with Crippen molar-refractivity contribution in [2.45, 2.75) is 121 Å². The first kappa shape index (κ1) is 30.3. The maximum Gasteiger partial charge on any atom is 0.410 e. The third kappa shape index (κ3) is 8.93. The highest BCUT2D eigenvalue weighted by Gasteiger charge is 2.44. The first-order chi connectivity index (χ1) is 17.9. The molecule has 3 fully saturated rings. The fraction of sp³-hybridized carbons (Fsp3) is 0.857. The van der Waals surface area contributed by atoms with Crippen molar-refractivity contribution >= 4 is 23.7 Å². The lowest BCUT2D eigenvalue weighted by atomic mass is 9.80. The van der Waals surface area contributed by atoms with Crippen LogP contribution in [0.1, 0.15) is 91.4 Å². The van der Waals surface area contributed by atoms with E-state index in [-0.39, 0.29) is 67.2 Å². The number of rotatable bonds is 9. The number of ketones is 1. The van der Waals surface area contributed by atoms with E-state index >= 15 is 0 Å². The zero-order chi connectivity index (χ0) is 27.9. The molecule has 10 heteroatoms. The summed E-state index contributed by atoms with van der Waals surface area (Å²) in [6.07, 6.45) is 9.38. The summed E-state index contributed by atoms with van der Waals surface area (Å²) in [5, 5.41) is 6.00. The lowest BCUT2D eigenvalue weighted by Gasteiger charge is -2.40. The Bertz CT molecular complexity index is 838. The van der Waals surface area contributed by atoms with Gasteiger partial charge in [-0.25, -0.2) is 4.79 Å². The molecule has 1 aliphatic heterocycles. The van der Waals surface area contributed by atoms with Crippen molar-refractivity contribution in [2.75, 3.05) is 26.7 Å². The molecule has 4 N–H and O–H groups in total. The van der Waals surface area contributed by atoms with Crippen LogP contribution in [0.5, 0.6) is 0 Å². The van der Waals surface area contributed by atoms with Crippen LogP contribution < -0.4 is 16.4 Å². The van der Waals surface area contributed by atoms with Gasteiger partial charge in [0.2, 0.25) is 11.8 Å². The maximum atomic E-state index is 13.3. The maximum absolute atomic E-state index is 13.3. The monoisotopic (exact) mass is 535 g/mol. The van der Waals surface area contributed by atoms with Crippen molar-refractivity contribution < 1.29 is 23.9 Å². The fourth-order valence-corrected chi connectivity index (χ4v) is 6.05. The molecule has 1 heterocycles. The van der Waals surface area contributed by atoms with Crippen LogP contribution in [0.4, 0.5) is 4.79 Å². The van der Waals surface area contributed by atoms with Crippen LogP contribution >= 0.6 is 0 Å². The molecule has 0 spiro atoms. The summed E-state index contributed by atoms with van der Waals surface area (Å²) in [6.45, 7) is 6.13. The molecule has 216 valence electrons. The smallest absolute Gasteiger partial charge is 0.410 e. The quantitative estimate of drug-likeness (QED) is 0.413. The number of Topliss-reactive ketones (excluding diaryl/α,β-unsaturated/α-hetero) is 1. The summed E-state index contributed by atoms with van der Waals surface area (Å²) in [5.74, 6) is -0.475. The highest BCUT2D eigenvalue weighted by Crippen LogP contribution is 2.34. The number of carbonyl (C=O) groups is 4. The van der Waals surface area contributed by atoms with Gasteiger partial charge in [0.05, 0.1) is 12.6 Å². The zero-order valence-electron chi connectivity index (χ0n) is 23.8. The molecular weight excluding hydrogens is 486 g/mol. The summed E-state index contributed by atoms with van der Waals surface area (Å²) >= 11 is 0. The molecule has 3 amide bonds. The minimum absolute atomic E-state index is 0.00421. The Kier molecular flexibility index (Phi) is 11.0. The minimum Gasteiger partial charge on any atom is -0.444 e. The van der Waals surface area contributed by atoms with Crippen LogP contribution in [0.15, 0.2) is 0 Å². The first-order valence-corrected chi connectivity index (χ1v) is 14.5. The summed E-state index contributed by atoms with van der Waals surface area (Å²) in [6, 6.07) is -0.190. The number of nitrogens with zero attached hydrogens (tertiary/aromatic N) is 2. The molecule has 0 radical (unpaired) electrons. The van der Waals surface area contributed by atoms with Crippen LogP contribution in [0.2, 0.25) is 0 Å². The van der Waals surface area contributed by atoms with E-state index in [1.54, 1.807) is 27.8 Å². The average Bonchev–Trinajstić information content (AvgIpc) is 3.27. The van der Waals surface area contributed by atoms with Gasteiger partial charge in [0.25, 0.3) is 0 Å². The topological polar surface area (TPSA) is 134 Å². The molecule has 2 unspecified atom stereocenters. The van der Waals surface area contributed by atoms with Gasteiger partial charge < -0.3 is 26.0 Å². The van der Waals surface area contributed by atoms with Gasteiger partial charge in [-0.15, -0.1) is 0 Å². The van der Waals surface area contributed by atoms with Crippen molar-refractivity contribution in [2.24, 2.45) is 11.7 Å². The Hall–Kier alpha value is -2.20. The van der Waals surface area contributed by atoms with E-state index in [4.69, 9.17) is 10.5 Å². The number of likely N-dealkylation sites (tertiary alicyclic amines) is 1. The molecule has 1 saturated heterocycles. The van der Waals surface area contributed by atoms with Gasteiger partial charge in [-0.2, -0.15) is 0 Å². The number of nitrogens with two attached hydrogens (primary N) is 1. The molecule has 0 aromatic heterocycles. The van der Waals surface area contributed by atoms with E-state index < -0.39 is 11.7 Å². The van der Waals surface area contributed by atoms with Crippen LogP contribution in [-0.4, -0.2) is 89.9 Å². The highest BCUT2D eigenvalue weighted by molar-refractivity contribution is 5.88. The third-order valence-corrected chi connectivity index (χ3v) is 8.03. The van der Waals surface area contributed by atoms with E-state index in [9.17, 15) is 19.2 Å². The molecule has 0 bridgehead atoms. The Balaban J connectivity index is 1.52. The van der Waals surface area contributed by atoms with Crippen molar-refractivity contribution in [1.82, 2.24) is 20.4 Å². The van der Waals surface area contributed by atoms with Crippen LogP contribution in [0.25, 0.3) is 0 Å². The van der Waals surface area contributed by atoms with Gasteiger partial charge in [-0.1, -0.05) is 32.1 Å². The molecule has 3 rings (SSSR count). The number of ether oxygens (including phenoxy) is 1. The van der Waals surface area contributed by atoms with Gasteiger partial charge in [0, 0.05) is 50.6 Å². The molecular formula is C28H49N5O5. The molecule has 3 aliphatic rings. The highest BCUT2D eigenvalue weighted by atomic mass is 16.6. The predicted molar refractivity (Wildman–Crippen MR) is 145 cm³/mol. The van der Waals surface area contributed by atoms with Crippen molar-refractivity contribution in [3.8, 4) is 0 Å². The van der Waals surface area contributed by atoms with Gasteiger partial charge in [-0.3, -0.25) is 19.3 Å². The van der Waals surface area contributed by atoms with E-state index in [0.29, 0.717) is 13.0 Å². The van der Waals surface area contributed by atoms with Gasteiger partial charge in [0.15, 0.2) is 5.78 Å². The number of amides is 3. The SMILES string of the molecule is CN(CCC(=O)NCC(=O)C1CCCCC1N1C[C@@H](N)C[C@H]1C(=O)NC1CCCCC1)C(=O)OC(C)(C)C. The van der Waals surface area contributed by atoms with Crippen molar-refractivity contribution in [3.63, 3.8) is 0 Å². The predicted octanol–water partition coefficient (Wildman–Crippen LogP) is 2.34. The number of hydrogen-bond donors (Lipinski definition) is 3.